The lowest BCUT2D eigenvalue weighted by Crippen LogP contribution is -2.31. The average molecular weight is 452 g/mol. The number of carbonyl (C=O) groups excluding carboxylic acids is 2. The average Bonchev–Trinajstić information content (AvgIpc) is 3.30. The first-order valence-corrected chi connectivity index (χ1v) is 11.4. The molecule has 0 fully saturated rings. The highest BCUT2D eigenvalue weighted by Crippen LogP contribution is 2.38. The van der Waals surface area contributed by atoms with Gasteiger partial charge in [0.05, 0.1) is 16.5 Å². The van der Waals surface area contributed by atoms with Crippen molar-refractivity contribution < 1.29 is 9.59 Å². The SMILES string of the molecule is O=C1c2ccccc2C(=O)N1CCSc1ncnc2scc(-c3ccc(Cl)cc3)c12. The number of amides is 2. The molecule has 0 unspecified atom stereocenters. The van der Waals surface area contributed by atoms with Crippen molar-refractivity contribution in [2.45, 2.75) is 5.03 Å². The van der Waals surface area contributed by atoms with E-state index >= 15 is 0 Å². The molecule has 0 saturated heterocycles. The lowest BCUT2D eigenvalue weighted by atomic mass is 10.1. The molecular weight excluding hydrogens is 438 g/mol. The van der Waals surface area contributed by atoms with Gasteiger partial charge in [0.15, 0.2) is 0 Å². The van der Waals surface area contributed by atoms with Crippen LogP contribution in [-0.2, 0) is 0 Å². The largest absolute Gasteiger partial charge is 0.273 e. The molecule has 0 bridgehead atoms. The van der Waals surface area contributed by atoms with E-state index in [1.165, 1.54) is 16.7 Å². The van der Waals surface area contributed by atoms with Gasteiger partial charge in [0, 0.05) is 28.3 Å². The van der Waals surface area contributed by atoms with E-state index in [9.17, 15) is 9.59 Å². The highest BCUT2D eigenvalue weighted by molar-refractivity contribution is 7.99. The van der Waals surface area contributed by atoms with Crippen molar-refractivity contribution in [1.82, 2.24) is 14.9 Å². The highest BCUT2D eigenvalue weighted by atomic mass is 35.5. The molecule has 5 rings (SSSR count). The predicted molar refractivity (Wildman–Crippen MR) is 120 cm³/mol. The van der Waals surface area contributed by atoms with E-state index in [0.717, 1.165) is 26.4 Å². The van der Waals surface area contributed by atoms with Crippen molar-refractivity contribution in [2.24, 2.45) is 0 Å². The number of imide groups is 1. The van der Waals surface area contributed by atoms with Crippen molar-refractivity contribution in [3.05, 3.63) is 76.4 Å². The molecule has 4 aromatic rings. The Labute approximate surface area is 185 Å². The molecule has 0 atom stereocenters. The smallest absolute Gasteiger partial charge is 0.261 e. The van der Waals surface area contributed by atoms with Crippen LogP contribution in [0.4, 0.5) is 0 Å². The predicted octanol–water partition coefficient (Wildman–Crippen LogP) is 5.40. The zero-order valence-corrected chi connectivity index (χ0v) is 17.9. The summed E-state index contributed by atoms with van der Waals surface area (Å²) in [4.78, 5) is 36.2. The normalized spacial score (nSPS) is 13.3. The molecule has 2 aromatic carbocycles. The van der Waals surface area contributed by atoms with Gasteiger partial charge in [0.1, 0.15) is 16.2 Å². The zero-order valence-electron chi connectivity index (χ0n) is 15.5. The van der Waals surface area contributed by atoms with Crippen LogP contribution in [0.3, 0.4) is 0 Å². The topological polar surface area (TPSA) is 63.2 Å². The molecule has 0 radical (unpaired) electrons. The molecule has 30 heavy (non-hydrogen) atoms. The summed E-state index contributed by atoms with van der Waals surface area (Å²) >= 11 is 9.11. The quantitative estimate of drug-likeness (QED) is 0.231. The van der Waals surface area contributed by atoms with E-state index in [1.54, 1.807) is 41.9 Å². The van der Waals surface area contributed by atoms with Gasteiger partial charge in [0.2, 0.25) is 0 Å². The first-order valence-electron chi connectivity index (χ1n) is 9.19. The number of aromatic nitrogens is 2. The molecule has 0 aliphatic carbocycles. The van der Waals surface area contributed by atoms with Crippen LogP contribution in [0.1, 0.15) is 20.7 Å². The van der Waals surface area contributed by atoms with Crippen LogP contribution < -0.4 is 0 Å². The maximum absolute atomic E-state index is 12.5. The molecule has 2 amide bonds. The molecule has 0 N–H and O–H groups in total. The summed E-state index contributed by atoms with van der Waals surface area (Å²) in [5, 5.41) is 4.57. The molecule has 0 spiro atoms. The molecule has 1 aliphatic heterocycles. The Morgan fingerprint density at radius 2 is 1.63 bits per heavy atom. The van der Waals surface area contributed by atoms with E-state index in [0.29, 0.717) is 28.4 Å². The van der Waals surface area contributed by atoms with E-state index in [4.69, 9.17) is 11.6 Å². The van der Waals surface area contributed by atoms with Gasteiger partial charge >= 0.3 is 0 Å². The summed E-state index contributed by atoms with van der Waals surface area (Å²) in [6.45, 7) is 0.322. The molecule has 2 aromatic heterocycles. The fraction of sp³-hybridized carbons (Fsp3) is 0.0909. The van der Waals surface area contributed by atoms with Crippen molar-refractivity contribution in [2.75, 3.05) is 12.3 Å². The van der Waals surface area contributed by atoms with Gasteiger partial charge in [-0.1, -0.05) is 35.9 Å². The van der Waals surface area contributed by atoms with Crippen LogP contribution in [0.2, 0.25) is 5.02 Å². The Bertz CT molecular complexity index is 1250. The Morgan fingerprint density at radius 3 is 2.33 bits per heavy atom. The molecule has 148 valence electrons. The van der Waals surface area contributed by atoms with E-state index in [-0.39, 0.29) is 11.8 Å². The standard InChI is InChI=1S/C22H14ClN3O2S2/c23-14-7-5-13(6-8-14)17-11-30-20-18(17)19(24-12-25-20)29-10-9-26-21(27)15-3-1-2-4-16(15)22(26)28/h1-8,11-12H,9-10H2. The van der Waals surface area contributed by atoms with Crippen molar-refractivity contribution >= 4 is 56.7 Å². The van der Waals surface area contributed by atoms with Crippen LogP contribution in [0.25, 0.3) is 21.3 Å². The molecule has 1 aliphatic rings. The van der Waals surface area contributed by atoms with E-state index in [1.807, 2.05) is 24.3 Å². The molecular formula is C22H14ClN3O2S2. The van der Waals surface area contributed by atoms with Crippen molar-refractivity contribution in [3.63, 3.8) is 0 Å². The molecule has 8 heteroatoms. The van der Waals surface area contributed by atoms with E-state index < -0.39 is 0 Å². The zero-order chi connectivity index (χ0) is 20.7. The molecule has 3 heterocycles. The maximum Gasteiger partial charge on any atom is 0.261 e. The van der Waals surface area contributed by atoms with Crippen LogP contribution in [0, 0.1) is 0 Å². The highest BCUT2D eigenvalue weighted by Gasteiger charge is 2.34. The number of hydrogen-bond donors (Lipinski definition) is 0. The van der Waals surface area contributed by atoms with Crippen LogP contribution in [-0.4, -0.2) is 39.0 Å². The number of thioether (sulfide) groups is 1. The van der Waals surface area contributed by atoms with Gasteiger partial charge in [-0.3, -0.25) is 14.5 Å². The number of benzene rings is 2. The minimum Gasteiger partial charge on any atom is -0.273 e. The second kappa shape index (κ2) is 7.83. The van der Waals surface area contributed by atoms with Gasteiger partial charge in [-0.15, -0.1) is 23.1 Å². The molecule has 0 saturated carbocycles. The minimum atomic E-state index is -0.235. The Morgan fingerprint density at radius 1 is 0.933 bits per heavy atom. The summed E-state index contributed by atoms with van der Waals surface area (Å²) in [6.07, 6.45) is 1.55. The fourth-order valence-corrected chi connectivity index (χ4v) is 5.52. The number of rotatable bonds is 5. The summed E-state index contributed by atoms with van der Waals surface area (Å²) < 4.78 is 0. The van der Waals surface area contributed by atoms with Crippen molar-refractivity contribution in [3.8, 4) is 11.1 Å². The third kappa shape index (κ3) is 3.29. The van der Waals surface area contributed by atoms with Gasteiger partial charge in [-0.05, 0) is 29.8 Å². The second-order valence-electron chi connectivity index (χ2n) is 6.67. The van der Waals surface area contributed by atoms with Gasteiger partial charge in [-0.2, -0.15) is 0 Å². The van der Waals surface area contributed by atoms with Crippen LogP contribution >= 0.6 is 34.7 Å². The summed E-state index contributed by atoms with van der Waals surface area (Å²) in [6, 6.07) is 14.6. The lowest BCUT2D eigenvalue weighted by Gasteiger charge is -2.13. The second-order valence-corrected chi connectivity index (χ2v) is 9.05. The summed E-state index contributed by atoms with van der Waals surface area (Å²) in [5.74, 6) is 0.0795. The first-order chi connectivity index (χ1) is 14.6. The first kappa shape index (κ1) is 19.2. The lowest BCUT2D eigenvalue weighted by molar-refractivity contribution is 0.0664. The van der Waals surface area contributed by atoms with Gasteiger partial charge < -0.3 is 0 Å². The number of hydrogen-bond acceptors (Lipinski definition) is 6. The third-order valence-electron chi connectivity index (χ3n) is 4.92. The number of nitrogens with zero attached hydrogens (tertiary/aromatic N) is 3. The van der Waals surface area contributed by atoms with Gasteiger partial charge in [-0.25, -0.2) is 9.97 Å². The van der Waals surface area contributed by atoms with Crippen LogP contribution in [0.15, 0.2) is 65.3 Å². The monoisotopic (exact) mass is 451 g/mol. The van der Waals surface area contributed by atoms with Crippen LogP contribution in [0.5, 0.6) is 0 Å². The van der Waals surface area contributed by atoms with E-state index in [2.05, 4.69) is 15.3 Å². The number of carbonyl (C=O) groups is 2. The fourth-order valence-electron chi connectivity index (χ4n) is 3.47. The maximum atomic E-state index is 12.5. The van der Waals surface area contributed by atoms with Gasteiger partial charge in [0.25, 0.3) is 11.8 Å². The minimum absolute atomic E-state index is 0.235. The summed E-state index contributed by atoms with van der Waals surface area (Å²) in [7, 11) is 0. The van der Waals surface area contributed by atoms with Crippen molar-refractivity contribution in [1.29, 1.82) is 0 Å². The number of fused-ring (bicyclic) bond motifs is 2. The summed E-state index contributed by atoms with van der Waals surface area (Å²) in [5.41, 5.74) is 3.04. The Balaban J connectivity index is 1.38. The number of halogens is 1. The Kier molecular flexibility index (Phi) is 5.02. The Hall–Kier alpha value is -2.74. The third-order valence-corrected chi connectivity index (χ3v) is 7.03. The number of thiophene rings is 1. The molecule has 5 nitrogen and oxygen atoms in total.